The topological polar surface area (TPSA) is 58.9 Å². The predicted octanol–water partition coefficient (Wildman–Crippen LogP) is 2.77. The maximum Gasteiger partial charge on any atom is 0.375 e. The first-order valence-corrected chi connectivity index (χ1v) is 7.07. The van der Waals surface area contributed by atoms with Crippen LogP contribution in [0.2, 0.25) is 0 Å². The maximum atomic E-state index is 9.52. The lowest BCUT2D eigenvalue weighted by molar-refractivity contribution is -0.0632. The van der Waals surface area contributed by atoms with Crippen molar-refractivity contribution in [1.29, 1.82) is 0 Å². The molecule has 0 bridgehead atoms. The van der Waals surface area contributed by atoms with E-state index in [-0.39, 0.29) is 18.1 Å². The normalized spacial score (nSPS) is 26.8. The van der Waals surface area contributed by atoms with Gasteiger partial charge in [0.1, 0.15) is 6.10 Å². The first-order chi connectivity index (χ1) is 7.80. The molecule has 0 saturated carbocycles. The third kappa shape index (κ3) is 2.84. The molecular weight excluding hydrogens is 239 g/mol. The van der Waals surface area contributed by atoms with Gasteiger partial charge >= 0.3 is 8.17 Å². The van der Waals surface area contributed by atoms with Crippen LogP contribution in [-0.4, -0.2) is 16.4 Å². The summed E-state index contributed by atoms with van der Waals surface area (Å²) in [4.78, 5) is 19.0. The van der Waals surface area contributed by atoms with E-state index in [0.29, 0.717) is 0 Å². The number of aryl methyl sites for hydroxylation is 1. The summed E-state index contributed by atoms with van der Waals surface area (Å²) in [6, 6.07) is 7.87. The molecule has 1 atom stereocenters. The van der Waals surface area contributed by atoms with Crippen molar-refractivity contribution in [2.24, 2.45) is 5.41 Å². The molecule has 5 heteroatoms. The van der Waals surface area contributed by atoms with Crippen LogP contribution in [0, 0.1) is 12.3 Å². The summed E-state index contributed by atoms with van der Waals surface area (Å²) < 4.78 is 10.3. The third-order valence-electron chi connectivity index (χ3n) is 2.94. The van der Waals surface area contributed by atoms with Crippen molar-refractivity contribution in [3.05, 3.63) is 35.4 Å². The van der Waals surface area contributed by atoms with Crippen LogP contribution in [0.5, 0.6) is 0 Å². The molecule has 95 valence electrons. The Morgan fingerprint density at radius 3 is 2.41 bits per heavy atom. The molecule has 0 aliphatic carbocycles. The smallest absolute Gasteiger partial charge is 0.314 e. The van der Waals surface area contributed by atoms with Gasteiger partial charge in [0.25, 0.3) is 0 Å². The van der Waals surface area contributed by atoms with Crippen LogP contribution in [-0.2, 0) is 9.05 Å². The molecule has 17 heavy (non-hydrogen) atoms. The molecule has 1 aromatic rings. The minimum Gasteiger partial charge on any atom is -0.314 e. The van der Waals surface area contributed by atoms with E-state index in [1.807, 2.05) is 45.0 Å². The van der Waals surface area contributed by atoms with E-state index in [9.17, 15) is 9.79 Å². The Balaban J connectivity index is 2.30. The van der Waals surface area contributed by atoms with Crippen LogP contribution in [0.25, 0.3) is 0 Å². The molecule has 2 rings (SSSR count). The van der Waals surface area contributed by atoms with Crippen molar-refractivity contribution in [3.8, 4) is 0 Å². The van der Waals surface area contributed by atoms with E-state index >= 15 is 0 Å². The highest BCUT2D eigenvalue weighted by Crippen LogP contribution is 2.63. The second-order valence-electron chi connectivity index (χ2n) is 5.15. The first-order valence-electron chi connectivity index (χ1n) is 5.54. The summed E-state index contributed by atoms with van der Waals surface area (Å²) >= 11 is 0. The average molecular weight is 257 g/mol. The molecule has 1 radical (unpaired) electrons. The highest BCUT2D eigenvalue weighted by Gasteiger charge is 2.45. The van der Waals surface area contributed by atoms with E-state index in [0.717, 1.165) is 11.1 Å². The van der Waals surface area contributed by atoms with Crippen molar-refractivity contribution in [1.82, 2.24) is 0 Å². The minimum atomic E-state index is -3.65. The van der Waals surface area contributed by atoms with E-state index in [1.54, 1.807) is 0 Å². The Morgan fingerprint density at radius 1 is 1.24 bits per heavy atom. The molecular formula is C12H18O4P. The lowest BCUT2D eigenvalue weighted by Gasteiger charge is -2.43. The van der Waals surface area contributed by atoms with Crippen molar-refractivity contribution >= 4 is 8.17 Å². The van der Waals surface area contributed by atoms with Gasteiger partial charge in [-0.15, -0.1) is 0 Å². The Labute approximate surface area is 102 Å². The van der Waals surface area contributed by atoms with Gasteiger partial charge in [-0.05, 0) is 12.5 Å². The quantitative estimate of drug-likeness (QED) is 0.759. The van der Waals surface area contributed by atoms with Crippen LogP contribution < -0.4 is 0 Å². The summed E-state index contributed by atoms with van der Waals surface area (Å²) in [5.41, 5.74) is 1.81. The van der Waals surface area contributed by atoms with Gasteiger partial charge in [-0.3, -0.25) is 9.05 Å². The van der Waals surface area contributed by atoms with Gasteiger partial charge in [0, 0.05) is 5.41 Å². The molecule has 1 saturated heterocycles. The number of rotatable bonds is 1. The Morgan fingerprint density at radius 2 is 1.82 bits per heavy atom. The molecule has 1 unspecified atom stereocenters. The monoisotopic (exact) mass is 257 g/mol. The largest absolute Gasteiger partial charge is 0.375 e. The summed E-state index contributed by atoms with van der Waals surface area (Å²) in [5, 5.41) is 0. The zero-order valence-electron chi connectivity index (χ0n) is 10.3. The SMILES string of the molecule is Cc1ccc(C2O[P](O)(O)OCC2(C)C)cc1. The van der Waals surface area contributed by atoms with Gasteiger partial charge in [0.2, 0.25) is 0 Å². The fourth-order valence-electron chi connectivity index (χ4n) is 1.89. The van der Waals surface area contributed by atoms with Crippen LogP contribution >= 0.6 is 8.17 Å². The van der Waals surface area contributed by atoms with Crippen LogP contribution in [0.1, 0.15) is 31.1 Å². The lowest BCUT2D eigenvalue weighted by atomic mass is 9.83. The van der Waals surface area contributed by atoms with E-state index in [4.69, 9.17) is 9.05 Å². The van der Waals surface area contributed by atoms with Gasteiger partial charge < -0.3 is 9.79 Å². The molecule has 0 spiro atoms. The Bertz CT molecular complexity index is 399. The maximum absolute atomic E-state index is 9.52. The third-order valence-corrected chi connectivity index (χ3v) is 3.89. The average Bonchev–Trinajstić information content (AvgIpc) is 2.24. The van der Waals surface area contributed by atoms with Crippen molar-refractivity contribution < 1.29 is 18.8 Å². The highest BCUT2D eigenvalue weighted by molar-refractivity contribution is 7.54. The predicted molar refractivity (Wildman–Crippen MR) is 66.1 cm³/mol. The van der Waals surface area contributed by atoms with Crippen LogP contribution in [0.15, 0.2) is 24.3 Å². The van der Waals surface area contributed by atoms with E-state index in [1.165, 1.54) is 0 Å². The standard InChI is InChI=1S/C12H18O4P/c1-9-4-6-10(7-5-9)11-12(2,3)8-15-17(13,14)16-11/h4-7,11,13-14H,8H2,1-3H3. The summed E-state index contributed by atoms with van der Waals surface area (Å²) in [6.45, 7) is 6.24. The summed E-state index contributed by atoms with van der Waals surface area (Å²) in [5.74, 6) is 0. The number of hydrogen-bond donors (Lipinski definition) is 2. The molecule has 1 fully saturated rings. The van der Waals surface area contributed by atoms with Gasteiger partial charge in [-0.1, -0.05) is 43.7 Å². The molecule has 1 aliphatic rings. The molecule has 2 N–H and O–H groups in total. The number of hydrogen-bond acceptors (Lipinski definition) is 4. The fourth-order valence-corrected chi connectivity index (χ4v) is 3.13. The summed E-state index contributed by atoms with van der Waals surface area (Å²) in [6.07, 6.45) is -0.361. The molecule has 1 aromatic carbocycles. The van der Waals surface area contributed by atoms with Crippen LogP contribution in [0.4, 0.5) is 0 Å². The molecule has 4 nitrogen and oxygen atoms in total. The van der Waals surface area contributed by atoms with Crippen LogP contribution in [0.3, 0.4) is 0 Å². The second kappa shape index (κ2) is 4.30. The number of benzene rings is 1. The van der Waals surface area contributed by atoms with E-state index < -0.39 is 8.17 Å². The summed E-state index contributed by atoms with van der Waals surface area (Å²) in [7, 11) is -3.65. The zero-order valence-corrected chi connectivity index (χ0v) is 11.1. The molecule has 1 heterocycles. The Hall–Kier alpha value is -0.510. The van der Waals surface area contributed by atoms with Crippen molar-refractivity contribution in [2.75, 3.05) is 6.61 Å². The molecule has 0 amide bonds. The fraction of sp³-hybridized carbons (Fsp3) is 0.500. The van der Waals surface area contributed by atoms with Crippen molar-refractivity contribution in [2.45, 2.75) is 26.9 Å². The van der Waals surface area contributed by atoms with E-state index in [2.05, 4.69) is 0 Å². The van der Waals surface area contributed by atoms with Gasteiger partial charge in [-0.25, -0.2) is 0 Å². The highest BCUT2D eigenvalue weighted by atomic mass is 31.2. The second-order valence-corrected chi connectivity index (χ2v) is 6.60. The lowest BCUT2D eigenvalue weighted by Crippen LogP contribution is -2.34. The van der Waals surface area contributed by atoms with Gasteiger partial charge in [-0.2, -0.15) is 0 Å². The Kier molecular flexibility index (Phi) is 3.27. The van der Waals surface area contributed by atoms with Gasteiger partial charge in [0.15, 0.2) is 0 Å². The first kappa shape index (κ1) is 12.9. The molecule has 0 aromatic heterocycles. The van der Waals surface area contributed by atoms with Gasteiger partial charge in [0.05, 0.1) is 6.61 Å². The molecule has 1 aliphatic heterocycles. The zero-order chi connectivity index (χ0) is 12.7. The van der Waals surface area contributed by atoms with Crippen molar-refractivity contribution in [3.63, 3.8) is 0 Å². The minimum absolute atomic E-state index is 0.270.